The monoisotopic (exact) mass is 277 g/mol. The van der Waals surface area contributed by atoms with Gasteiger partial charge in [0.1, 0.15) is 0 Å². The van der Waals surface area contributed by atoms with Crippen LogP contribution < -0.4 is 5.32 Å². The van der Waals surface area contributed by atoms with Crippen LogP contribution in [0.2, 0.25) is 0 Å². The van der Waals surface area contributed by atoms with Crippen molar-refractivity contribution in [2.75, 3.05) is 6.54 Å². The summed E-state index contributed by atoms with van der Waals surface area (Å²) in [5.74, 6) is 0. The van der Waals surface area contributed by atoms with Crippen molar-refractivity contribution in [3.05, 3.63) is 71.5 Å². The molecule has 0 aliphatic heterocycles. The van der Waals surface area contributed by atoms with E-state index in [-0.39, 0.29) is 0 Å². The van der Waals surface area contributed by atoms with Gasteiger partial charge in [0, 0.05) is 6.54 Å². The highest BCUT2D eigenvalue weighted by Crippen LogP contribution is 2.08. The van der Waals surface area contributed by atoms with Gasteiger partial charge in [-0.15, -0.1) is 0 Å². The highest BCUT2D eigenvalue weighted by atomic mass is 14.9. The van der Waals surface area contributed by atoms with Crippen LogP contribution in [0.3, 0.4) is 0 Å². The van der Waals surface area contributed by atoms with Crippen LogP contribution in [0.4, 0.5) is 0 Å². The van der Waals surface area contributed by atoms with Crippen molar-refractivity contribution in [2.24, 2.45) is 0 Å². The van der Waals surface area contributed by atoms with E-state index in [1.54, 1.807) is 0 Å². The summed E-state index contributed by atoms with van der Waals surface area (Å²) in [5, 5.41) is 3.43. The number of fused-ring (bicyclic) bond motifs is 1. The van der Waals surface area contributed by atoms with Gasteiger partial charge in [0.25, 0.3) is 0 Å². The number of aromatic nitrogens is 2. The molecule has 0 amide bonds. The van der Waals surface area contributed by atoms with E-state index in [4.69, 9.17) is 0 Å². The molecule has 0 atom stereocenters. The van der Waals surface area contributed by atoms with Gasteiger partial charge in [0.05, 0.1) is 22.9 Å². The fourth-order valence-electron chi connectivity index (χ4n) is 2.40. The van der Waals surface area contributed by atoms with Crippen LogP contribution in [0.25, 0.3) is 11.0 Å². The molecular formula is C18H19N3. The summed E-state index contributed by atoms with van der Waals surface area (Å²) in [7, 11) is 0. The molecule has 0 saturated carbocycles. The third-order valence-corrected chi connectivity index (χ3v) is 3.48. The lowest BCUT2D eigenvalue weighted by molar-refractivity contribution is 0.674. The van der Waals surface area contributed by atoms with Gasteiger partial charge in [-0.05, 0) is 37.6 Å². The molecule has 0 saturated heterocycles. The minimum Gasteiger partial charge on any atom is -0.311 e. The molecule has 21 heavy (non-hydrogen) atoms. The van der Waals surface area contributed by atoms with Crippen LogP contribution in [0.1, 0.15) is 16.8 Å². The number of hydrogen-bond donors (Lipinski definition) is 1. The van der Waals surface area contributed by atoms with Crippen molar-refractivity contribution < 1.29 is 0 Å². The Bertz CT molecular complexity index is 737. The summed E-state index contributed by atoms with van der Waals surface area (Å²) in [6.45, 7) is 3.82. The zero-order valence-corrected chi connectivity index (χ0v) is 12.2. The summed E-state index contributed by atoms with van der Waals surface area (Å²) < 4.78 is 0. The predicted octanol–water partition coefficient (Wildman–Crippen LogP) is 3.27. The minimum atomic E-state index is 0.754. The molecule has 0 aliphatic carbocycles. The molecule has 1 heterocycles. The second kappa shape index (κ2) is 6.46. The molecule has 1 aromatic heterocycles. The van der Waals surface area contributed by atoms with Crippen LogP contribution in [0, 0.1) is 6.92 Å². The van der Waals surface area contributed by atoms with E-state index in [0.717, 1.165) is 36.2 Å². The van der Waals surface area contributed by atoms with E-state index in [0.29, 0.717) is 0 Å². The first-order chi connectivity index (χ1) is 10.3. The molecule has 0 radical (unpaired) electrons. The van der Waals surface area contributed by atoms with E-state index in [2.05, 4.69) is 46.5 Å². The van der Waals surface area contributed by atoms with Gasteiger partial charge in [-0.3, -0.25) is 4.98 Å². The van der Waals surface area contributed by atoms with E-state index in [1.165, 1.54) is 11.1 Å². The van der Waals surface area contributed by atoms with E-state index >= 15 is 0 Å². The first-order valence-corrected chi connectivity index (χ1v) is 7.28. The number of benzene rings is 2. The molecule has 1 N–H and O–H groups in total. The van der Waals surface area contributed by atoms with Gasteiger partial charge in [0.2, 0.25) is 0 Å². The van der Waals surface area contributed by atoms with Gasteiger partial charge in [-0.2, -0.15) is 0 Å². The van der Waals surface area contributed by atoms with Crippen LogP contribution in [0.15, 0.2) is 54.7 Å². The molecule has 0 aliphatic rings. The van der Waals surface area contributed by atoms with Gasteiger partial charge >= 0.3 is 0 Å². The van der Waals surface area contributed by atoms with Crippen LogP contribution in [0.5, 0.6) is 0 Å². The highest BCUT2D eigenvalue weighted by molar-refractivity contribution is 5.73. The standard InChI is InChI=1S/C18H19N3/c1-14-5-4-6-15(11-14)9-10-19-12-16-13-20-17-7-2-3-8-18(17)21-16/h2-8,11,13,19H,9-10,12H2,1H3. The fraction of sp³-hybridized carbons (Fsp3) is 0.222. The maximum atomic E-state index is 4.61. The van der Waals surface area contributed by atoms with Crippen LogP contribution in [-0.4, -0.2) is 16.5 Å². The summed E-state index contributed by atoms with van der Waals surface area (Å²) in [6, 6.07) is 16.6. The van der Waals surface area contributed by atoms with Gasteiger partial charge < -0.3 is 5.32 Å². The smallest absolute Gasteiger partial charge is 0.0890 e. The van der Waals surface area contributed by atoms with Gasteiger partial charge in [-0.25, -0.2) is 4.98 Å². The summed E-state index contributed by atoms with van der Waals surface area (Å²) in [4.78, 5) is 9.04. The molecule has 106 valence electrons. The normalized spacial score (nSPS) is 10.9. The van der Waals surface area contributed by atoms with Gasteiger partial charge in [0.15, 0.2) is 0 Å². The summed E-state index contributed by atoms with van der Waals surface area (Å²) >= 11 is 0. The average molecular weight is 277 g/mol. The van der Waals surface area contributed by atoms with E-state index in [1.807, 2.05) is 30.5 Å². The molecule has 3 rings (SSSR count). The maximum Gasteiger partial charge on any atom is 0.0890 e. The lowest BCUT2D eigenvalue weighted by Gasteiger charge is -2.06. The first-order valence-electron chi connectivity index (χ1n) is 7.28. The van der Waals surface area contributed by atoms with Crippen LogP contribution in [-0.2, 0) is 13.0 Å². The third kappa shape index (κ3) is 3.64. The van der Waals surface area contributed by atoms with E-state index in [9.17, 15) is 0 Å². The first kappa shape index (κ1) is 13.7. The van der Waals surface area contributed by atoms with Crippen molar-refractivity contribution in [3.63, 3.8) is 0 Å². The van der Waals surface area contributed by atoms with Crippen molar-refractivity contribution in [1.82, 2.24) is 15.3 Å². The second-order valence-electron chi connectivity index (χ2n) is 5.27. The largest absolute Gasteiger partial charge is 0.311 e. The summed E-state index contributed by atoms with van der Waals surface area (Å²) in [5.41, 5.74) is 5.56. The Morgan fingerprint density at radius 1 is 1.00 bits per heavy atom. The SMILES string of the molecule is Cc1cccc(CCNCc2cnc3ccccc3n2)c1. The number of aryl methyl sites for hydroxylation is 1. The molecule has 0 fully saturated rings. The minimum absolute atomic E-state index is 0.754. The number of nitrogens with one attached hydrogen (secondary N) is 1. The maximum absolute atomic E-state index is 4.61. The quantitative estimate of drug-likeness (QED) is 0.727. The molecule has 0 unspecified atom stereocenters. The van der Waals surface area contributed by atoms with Crippen molar-refractivity contribution in [3.8, 4) is 0 Å². The average Bonchev–Trinajstić information content (AvgIpc) is 2.51. The molecule has 3 aromatic rings. The molecule has 2 aromatic carbocycles. The summed E-state index contributed by atoms with van der Waals surface area (Å²) in [6.07, 6.45) is 2.88. The number of hydrogen-bond acceptors (Lipinski definition) is 3. The Hall–Kier alpha value is -2.26. The number of para-hydroxylation sites is 2. The Balaban J connectivity index is 1.54. The second-order valence-corrected chi connectivity index (χ2v) is 5.27. The zero-order valence-electron chi connectivity index (χ0n) is 12.2. The van der Waals surface area contributed by atoms with Crippen molar-refractivity contribution in [2.45, 2.75) is 19.9 Å². The Morgan fingerprint density at radius 3 is 2.71 bits per heavy atom. The van der Waals surface area contributed by atoms with Crippen molar-refractivity contribution in [1.29, 1.82) is 0 Å². The topological polar surface area (TPSA) is 37.8 Å². The van der Waals surface area contributed by atoms with Gasteiger partial charge in [-0.1, -0.05) is 42.0 Å². The Labute approximate surface area is 125 Å². The molecule has 3 nitrogen and oxygen atoms in total. The third-order valence-electron chi connectivity index (χ3n) is 3.48. The molecule has 0 bridgehead atoms. The zero-order chi connectivity index (χ0) is 14.5. The predicted molar refractivity (Wildman–Crippen MR) is 86.1 cm³/mol. The fourth-order valence-corrected chi connectivity index (χ4v) is 2.40. The Kier molecular flexibility index (Phi) is 4.22. The lowest BCUT2D eigenvalue weighted by atomic mass is 10.1. The highest BCUT2D eigenvalue weighted by Gasteiger charge is 1.99. The Morgan fingerprint density at radius 2 is 1.86 bits per heavy atom. The molecular weight excluding hydrogens is 258 g/mol. The lowest BCUT2D eigenvalue weighted by Crippen LogP contribution is -2.17. The number of rotatable bonds is 5. The molecule has 0 spiro atoms. The molecule has 3 heteroatoms. The van der Waals surface area contributed by atoms with Crippen molar-refractivity contribution >= 4 is 11.0 Å². The number of nitrogens with zero attached hydrogens (tertiary/aromatic N) is 2. The van der Waals surface area contributed by atoms with Crippen LogP contribution >= 0.6 is 0 Å². The van der Waals surface area contributed by atoms with E-state index < -0.39 is 0 Å².